The number of aliphatic imine (C=N–C) groups is 1. The molecular weight excluding hydrogens is 404 g/mol. The van der Waals surface area contributed by atoms with Gasteiger partial charge in [-0.2, -0.15) is 5.10 Å². The van der Waals surface area contributed by atoms with E-state index in [0.717, 1.165) is 38.7 Å². The molecule has 0 fully saturated rings. The van der Waals surface area contributed by atoms with Crippen molar-refractivity contribution in [3.8, 4) is 0 Å². The number of hydrogen-bond acceptors (Lipinski definition) is 4. The molecule has 1 aromatic carbocycles. The third kappa shape index (κ3) is 5.74. The highest BCUT2D eigenvalue weighted by atomic mass is 32.1. The number of guanidine groups is 1. The lowest BCUT2D eigenvalue weighted by molar-refractivity contribution is 0.192. The van der Waals surface area contributed by atoms with E-state index in [1.165, 1.54) is 23.1 Å². The van der Waals surface area contributed by atoms with Crippen LogP contribution in [-0.4, -0.2) is 46.3 Å². The van der Waals surface area contributed by atoms with Gasteiger partial charge < -0.3 is 10.6 Å². The van der Waals surface area contributed by atoms with Gasteiger partial charge in [0, 0.05) is 49.5 Å². The van der Waals surface area contributed by atoms with Crippen molar-refractivity contribution in [2.24, 2.45) is 4.99 Å². The van der Waals surface area contributed by atoms with Gasteiger partial charge in [-0.3, -0.25) is 9.58 Å². The largest absolute Gasteiger partial charge is 0.357 e. The standard InChI is InChI=1S/C24H32N6S/c1-3-25-24(26-15-19(2)29-13-9-23-22(17-29)10-14-31-23)27-16-20-7-4-5-8-21(20)18-30-12-6-11-28-30/h4-8,10-12,14,19H,3,9,13,15-18H2,1-2H3,(H2,25,26,27). The van der Waals surface area contributed by atoms with Gasteiger partial charge in [0.15, 0.2) is 5.96 Å². The summed E-state index contributed by atoms with van der Waals surface area (Å²) in [5.74, 6) is 0.872. The third-order valence-electron chi connectivity index (χ3n) is 5.79. The summed E-state index contributed by atoms with van der Waals surface area (Å²) < 4.78 is 1.95. The molecule has 2 N–H and O–H groups in total. The van der Waals surface area contributed by atoms with Crippen LogP contribution in [0.5, 0.6) is 0 Å². The van der Waals surface area contributed by atoms with Crippen LogP contribution in [0.25, 0.3) is 0 Å². The van der Waals surface area contributed by atoms with Gasteiger partial charge in [-0.15, -0.1) is 11.3 Å². The molecule has 1 unspecified atom stereocenters. The minimum absolute atomic E-state index is 0.448. The summed E-state index contributed by atoms with van der Waals surface area (Å²) in [7, 11) is 0. The molecule has 1 aliphatic heterocycles. The molecule has 0 radical (unpaired) electrons. The van der Waals surface area contributed by atoms with Gasteiger partial charge in [-0.25, -0.2) is 4.99 Å². The molecule has 0 saturated carbocycles. The van der Waals surface area contributed by atoms with E-state index in [9.17, 15) is 0 Å². The van der Waals surface area contributed by atoms with Crippen molar-refractivity contribution in [1.29, 1.82) is 0 Å². The summed E-state index contributed by atoms with van der Waals surface area (Å²) in [5.41, 5.74) is 3.97. The molecule has 0 spiro atoms. The van der Waals surface area contributed by atoms with Crippen LogP contribution in [0, 0.1) is 0 Å². The maximum Gasteiger partial charge on any atom is 0.191 e. The average molecular weight is 437 g/mol. The molecule has 0 bridgehead atoms. The Labute approximate surface area is 189 Å². The van der Waals surface area contributed by atoms with E-state index in [0.29, 0.717) is 12.6 Å². The van der Waals surface area contributed by atoms with Crippen LogP contribution >= 0.6 is 11.3 Å². The summed E-state index contributed by atoms with van der Waals surface area (Å²) in [5, 5.41) is 13.5. The number of thiophene rings is 1. The lowest BCUT2D eigenvalue weighted by Gasteiger charge is -2.32. The molecule has 6 nitrogen and oxygen atoms in total. The molecular formula is C24H32N6S. The van der Waals surface area contributed by atoms with E-state index < -0.39 is 0 Å². The summed E-state index contributed by atoms with van der Waals surface area (Å²) in [6.45, 7) is 9.71. The van der Waals surface area contributed by atoms with Gasteiger partial charge in [-0.1, -0.05) is 24.3 Å². The maximum atomic E-state index is 4.87. The Bertz CT molecular complexity index is 978. The van der Waals surface area contributed by atoms with Gasteiger partial charge in [0.1, 0.15) is 0 Å². The van der Waals surface area contributed by atoms with E-state index in [4.69, 9.17) is 4.99 Å². The molecule has 164 valence electrons. The second-order valence-corrected chi connectivity index (χ2v) is 8.99. The molecule has 7 heteroatoms. The molecule has 31 heavy (non-hydrogen) atoms. The second-order valence-electron chi connectivity index (χ2n) is 7.99. The average Bonchev–Trinajstić information content (AvgIpc) is 3.47. The Balaban J connectivity index is 1.35. The van der Waals surface area contributed by atoms with E-state index in [-0.39, 0.29) is 0 Å². The number of aromatic nitrogens is 2. The Hall–Kier alpha value is -2.64. The van der Waals surface area contributed by atoms with Gasteiger partial charge in [0.2, 0.25) is 0 Å². The number of hydrogen-bond donors (Lipinski definition) is 2. The minimum atomic E-state index is 0.448. The van der Waals surface area contributed by atoms with Gasteiger partial charge in [0.25, 0.3) is 0 Å². The van der Waals surface area contributed by atoms with E-state index in [1.807, 2.05) is 34.5 Å². The van der Waals surface area contributed by atoms with Gasteiger partial charge in [0.05, 0.1) is 13.1 Å². The van der Waals surface area contributed by atoms with Crippen molar-refractivity contribution in [2.45, 2.75) is 45.9 Å². The predicted molar refractivity (Wildman–Crippen MR) is 128 cm³/mol. The molecule has 0 aliphatic carbocycles. The monoisotopic (exact) mass is 436 g/mol. The van der Waals surface area contributed by atoms with Crippen LogP contribution in [0.2, 0.25) is 0 Å². The van der Waals surface area contributed by atoms with Crippen molar-refractivity contribution in [1.82, 2.24) is 25.3 Å². The zero-order valence-electron chi connectivity index (χ0n) is 18.4. The van der Waals surface area contributed by atoms with Crippen LogP contribution in [0.15, 0.2) is 59.2 Å². The third-order valence-corrected chi connectivity index (χ3v) is 6.81. The van der Waals surface area contributed by atoms with Crippen molar-refractivity contribution < 1.29 is 0 Å². The highest BCUT2D eigenvalue weighted by Gasteiger charge is 2.21. The Morgan fingerprint density at radius 1 is 1.19 bits per heavy atom. The zero-order chi connectivity index (χ0) is 21.5. The molecule has 1 aliphatic rings. The molecule has 2 aromatic heterocycles. The molecule has 4 rings (SSSR count). The summed E-state index contributed by atoms with van der Waals surface area (Å²) in [4.78, 5) is 8.98. The topological polar surface area (TPSA) is 57.5 Å². The number of rotatable bonds is 8. The highest BCUT2D eigenvalue weighted by molar-refractivity contribution is 7.10. The van der Waals surface area contributed by atoms with E-state index in [2.05, 4.69) is 70.2 Å². The molecule has 3 heterocycles. The smallest absolute Gasteiger partial charge is 0.191 e. The maximum absolute atomic E-state index is 4.87. The van der Waals surface area contributed by atoms with Gasteiger partial charge >= 0.3 is 0 Å². The fourth-order valence-electron chi connectivity index (χ4n) is 3.96. The number of nitrogens with one attached hydrogen (secondary N) is 2. The number of fused-ring (bicyclic) bond motifs is 1. The predicted octanol–water partition coefficient (Wildman–Crippen LogP) is 3.49. The Kier molecular flexibility index (Phi) is 7.38. The van der Waals surface area contributed by atoms with Crippen LogP contribution < -0.4 is 10.6 Å². The van der Waals surface area contributed by atoms with Gasteiger partial charge in [-0.05, 0) is 54.5 Å². The normalized spacial score (nSPS) is 15.5. The summed E-state index contributed by atoms with van der Waals surface area (Å²) >= 11 is 1.89. The lowest BCUT2D eigenvalue weighted by atomic mass is 10.1. The lowest BCUT2D eigenvalue weighted by Crippen LogP contribution is -2.47. The highest BCUT2D eigenvalue weighted by Crippen LogP contribution is 2.25. The first-order valence-corrected chi connectivity index (χ1v) is 12.0. The van der Waals surface area contributed by atoms with Crippen LogP contribution in [0.3, 0.4) is 0 Å². The number of nitrogens with zero attached hydrogens (tertiary/aromatic N) is 4. The fourth-order valence-corrected chi connectivity index (χ4v) is 4.85. The zero-order valence-corrected chi connectivity index (χ0v) is 19.2. The quantitative estimate of drug-likeness (QED) is 0.419. The molecule has 0 amide bonds. The molecule has 3 aromatic rings. The molecule has 1 atom stereocenters. The van der Waals surface area contributed by atoms with Crippen molar-refractivity contribution in [3.05, 3.63) is 75.7 Å². The first kappa shape index (κ1) is 21.6. The van der Waals surface area contributed by atoms with Crippen molar-refractivity contribution in [2.75, 3.05) is 19.6 Å². The fraction of sp³-hybridized carbons (Fsp3) is 0.417. The minimum Gasteiger partial charge on any atom is -0.357 e. The molecule has 0 saturated heterocycles. The van der Waals surface area contributed by atoms with E-state index in [1.54, 1.807) is 4.88 Å². The second kappa shape index (κ2) is 10.6. The van der Waals surface area contributed by atoms with Crippen LogP contribution in [0.1, 0.15) is 35.4 Å². The Morgan fingerprint density at radius 3 is 2.87 bits per heavy atom. The van der Waals surface area contributed by atoms with Crippen molar-refractivity contribution in [3.63, 3.8) is 0 Å². The summed E-state index contributed by atoms with van der Waals surface area (Å²) in [6, 6.07) is 13.1. The first-order valence-electron chi connectivity index (χ1n) is 11.1. The SMILES string of the molecule is CCNC(=NCc1ccccc1Cn1cccn1)NCC(C)N1CCc2sccc2C1. The van der Waals surface area contributed by atoms with Crippen LogP contribution in [-0.2, 0) is 26.1 Å². The summed E-state index contributed by atoms with van der Waals surface area (Å²) in [6.07, 6.45) is 4.97. The van der Waals surface area contributed by atoms with E-state index >= 15 is 0 Å². The number of benzene rings is 1. The van der Waals surface area contributed by atoms with Crippen molar-refractivity contribution >= 4 is 17.3 Å². The van der Waals surface area contributed by atoms with Crippen LogP contribution in [0.4, 0.5) is 0 Å². The Morgan fingerprint density at radius 2 is 2.06 bits per heavy atom. The first-order chi connectivity index (χ1) is 15.2.